The molecule has 134 valence electrons. The molecule has 0 aliphatic rings. The summed E-state index contributed by atoms with van der Waals surface area (Å²) >= 11 is 10.7. The van der Waals surface area contributed by atoms with Crippen LogP contribution in [0.25, 0.3) is 0 Å². The Balaban J connectivity index is 1.78. The number of nitrogens with one attached hydrogen (secondary N) is 2. The van der Waals surface area contributed by atoms with Crippen molar-refractivity contribution < 1.29 is 19.2 Å². The third kappa shape index (κ3) is 5.40. The topological polar surface area (TPSA) is 92.3 Å². The van der Waals surface area contributed by atoms with Crippen LogP contribution >= 0.6 is 23.2 Å². The van der Waals surface area contributed by atoms with Gasteiger partial charge < -0.3 is 10.6 Å². The summed E-state index contributed by atoms with van der Waals surface area (Å²) in [7, 11) is 0. The molecule has 0 saturated carbocycles. The molecular formula is C18H14Cl2N2O4. The Labute approximate surface area is 159 Å². The number of hydrogen-bond donors (Lipinski definition) is 2. The highest BCUT2D eigenvalue weighted by Gasteiger charge is 2.09. The van der Waals surface area contributed by atoms with Gasteiger partial charge in [0.05, 0.1) is 0 Å². The molecule has 2 amide bonds. The molecule has 0 saturated heterocycles. The van der Waals surface area contributed by atoms with E-state index in [1.807, 2.05) is 0 Å². The summed E-state index contributed by atoms with van der Waals surface area (Å²) in [5.74, 6) is -0.671. The van der Waals surface area contributed by atoms with Crippen molar-refractivity contribution in [3.05, 3.63) is 70.8 Å². The number of carbonyl (C=O) groups is 4. The van der Waals surface area contributed by atoms with Crippen LogP contribution in [0.2, 0.25) is 0 Å². The van der Waals surface area contributed by atoms with Gasteiger partial charge in [-0.05, 0) is 71.7 Å². The molecule has 2 aromatic rings. The van der Waals surface area contributed by atoms with Crippen molar-refractivity contribution >= 4 is 45.5 Å². The molecule has 0 aromatic heterocycles. The second kappa shape index (κ2) is 9.12. The third-order valence-corrected chi connectivity index (χ3v) is 3.88. The quantitative estimate of drug-likeness (QED) is 0.559. The largest absolute Gasteiger partial charge is 0.350 e. The molecule has 2 N–H and O–H groups in total. The lowest BCUT2D eigenvalue weighted by Gasteiger charge is -2.08. The zero-order chi connectivity index (χ0) is 19.1. The van der Waals surface area contributed by atoms with Gasteiger partial charge in [-0.15, -0.1) is 0 Å². The lowest BCUT2D eigenvalue weighted by atomic mass is 10.1. The predicted molar refractivity (Wildman–Crippen MR) is 97.9 cm³/mol. The Kier molecular flexibility index (Phi) is 6.89. The van der Waals surface area contributed by atoms with Crippen molar-refractivity contribution in [3.8, 4) is 0 Å². The van der Waals surface area contributed by atoms with Crippen LogP contribution in [0.15, 0.2) is 48.5 Å². The highest BCUT2D eigenvalue weighted by atomic mass is 35.5. The molecule has 0 aliphatic heterocycles. The molecule has 2 rings (SSSR count). The minimum absolute atomic E-state index is 0.221. The standard InChI is InChI=1S/C18H14Cl2N2O4/c19-15(23)11-1-5-13(6-2-11)17(25)21-9-10-22-18(26)14-7-3-12(4-8-14)16(20)24/h1-8H,9-10H2,(H,21,25)(H,22,26). The summed E-state index contributed by atoms with van der Waals surface area (Å²) < 4.78 is 0. The summed E-state index contributed by atoms with van der Waals surface area (Å²) in [6.45, 7) is 0.442. The zero-order valence-corrected chi connectivity index (χ0v) is 14.9. The fourth-order valence-corrected chi connectivity index (χ4v) is 2.31. The van der Waals surface area contributed by atoms with E-state index in [0.717, 1.165) is 0 Å². The molecule has 6 nitrogen and oxygen atoms in total. The first-order valence-electron chi connectivity index (χ1n) is 7.54. The SMILES string of the molecule is O=C(Cl)c1ccc(C(=O)NCCNC(=O)c2ccc(C(=O)Cl)cc2)cc1. The van der Waals surface area contributed by atoms with E-state index >= 15 is 0 Å². The van der Waals surface area contributed by atoms with Crippen LogP contribution in [0, 0.1) is 0 Å². The molecule has 0 radical (unpaired) electrons. The van der Waals surface area contributed by atoms with Gasteiger partial charge in [0, 0.05) is 35.3 Å². The minimum atomic E-state index is -0.594. The molecule has 2 aromatic carbocycles. The number of amides is 2. The smallest absolute Gasteiger partial charge is 0.252 e. The summed E-state index contributed by atoms with van der Waals surface area (Å²) in [5.41, 5.74) is 1.35. The predicted octanol–water partition coefficient (Wildman–Crippen LogP) is 2.60. The zero-order valence-electron chi connectivity index (χ0n) is 13.4. The van der Waals surface area contributed by atoms with Gasteiger partial charge in [-0.1, -0.05) is 0 Å². The first kappa shape index (κ1) is 19.6. The van der Waals surface area contributed by atoms with Crippen molar-refractivity contribution in [1.82, 2.24) is 10.6 Å². The molecule has 0 aliphatic carbocycles. The van der Waals surface area contributed by atoms with Gasteiger partial charge in [0.15, 0.2) is 0 Å². The number of rotatable bonds is 7. The molecular weight excluding hydrogens is 379 g/mol. The maximum absolute atomic E-state index is 12.0. The van der Waals surface area contributed by atoms with Crippen molar-refractivity contribution in [3.63, 3.8) is 0 Å². The number of carbonyl (C=O) groups excluding carboxylic acids is 4. The Bertz CT molecular complexity index is 762. The van der Waals surface area contributed by atoms with Crippen molar-refractivity contribution in [1.29, 1.82) is 0 Å². The van der Waals surface area contributed by atoms with Crippen molar-refractivity contribution in [2.24, 2.45) is 0 Å². The molecule has 0 bridgehead atoms. The Hall–Kier alpha value is -2.70. The highest BCUT2D eigenvalue weighted by molar-refractivity contribution is 6.68. The summed E-state index contributed by atoms with van der Waals surface area (Å²) in [6.07, 6.45) is 0. The molecule has 0 unspecified atom stereocenters. The van der Waals surface area contributed by atoms with E-state index in [9.17, 15) is 19.2 Å². The van der Waals surface area contributed by atoms with Crippen LogP contribution in [0.5, 0.6) is 0 Å². The highest BCUT2D eigenvalue weighted by Crippen LogP contribution is 2.08. The van der Waals surface area contributed by atoms with E-state index in [-0.39, 0.29) is 24.9 Å². The van der Waals surface area contributed by atoms with E-state index in [0.29, 0.717) is 22.3 Å². The fraction of sp³-hybridized carbons (Fsp3) is 0.111. The van der Waals surface area contributed by atoms with Crippen LogP contribution in [-0.2, 0) is 0 Å². The molecule has 0 heterocycles. The average Bonchev–Trinajstić information content (AvgIpc) is 2.65. The van der Waals surface area contributed by atoms with E-state index in [1.165, 1.54) is 48.5 Å². The van der Waals surface area contributed by atoms with Crippen LogP contribution in [0.1, 0.15) is 41.4 Å². The van der Waals surface area contributed by atoms with Gasteiger partial charge >= 0.3 is 0 Å². The monoisotopic (exact) mass is 392 g/mol. The van der Waals surface area contributed by atoms with Crippen molar-refractivity contribution in [2.75, 3.05) is 13.1 Å². The van der Waals surface area contributed by atoms with Gasteiger partial charge in [-0.25, -0.2) is 0 Å². The van der Waals surface area contributed by atoms with E-state index in [4.69, 9.17) is 23.2 Å². The van der Waals surface area contributed by atoms with Gasteiger partial charge in [-0.3, -0.25) is 19.2 Å². The average molecular weight is 393 g/mol. The van der Waals surface area contributed by atoms with Crippen LogP contribution in [0.4, 0.5) is 0 Å². The Morgan fingerprint density at radius 1 is 0.577 bits per heavy atom. The summed E-state index contributed by atoms with van der Waals surface area (Å²) in [5, 5.41) is 4.10. The maximum atomic E-state index is 12.0. The van der Waals surface area contributed by atoms with Gasteiger partial charge in [0.25, 0.3) is 22.3 Å². The van der Waals surface area contributed by atoms with Crippen LogP contribution < -0.4 is 10.6 Å². The lowest BCUT2D eigenvalue weighted by Crippen LogP contribution is -2.34. The number of halogens is 2. The summed E-state index contributed by atoms with van der Waals surface area (Å²) in [4.78, 5) is 45.9. The minimum Gasteiger partial charge on any atom is -0.350 e. The maximum Gasteiger partial charge on any atom is 0.252 e. The van der Waals surface area contributed by atoms with Gasteiger partial charge in [0.2, 0.25) is 0 Å². The van der Waals surface area contributed by atoms with Crippen LogP contribution in [-0.4, -0.2) is 35.4 Å². The summed E-state index contributed by atoms with van der Waals surface area (Å²) in [6, 6.07) is 11.8. The fourth-order valence-electron chi connectivity index (χ4n) is 2.06. The second-order valence-electron chi connectivity index (χ2n) is 5.21. The normalized spacial score (nSPS) is 10.1. The second-order valence-corrected chi connectivity index (χ2v) is 5.90. The first-order valence-corrected chi connectivity index (χ1v) is 8.30. The molecule has 0 atom stereocenters. The van der Waals surface area contributed by atoms with Crippen LogP contribution in [0.3, 0.4) is 0 Å². The molecule has 0 spiro atoms. The van der Waals surface area contributed by atoms with Gasteiger partial charge in [0.1, 0.15) is 0 Å². The Morgan fingerprint density at radius 3 is 1.12 bits per heavy atom. The van der Waals surface area contributed by atoms with E-state index < -0.39 is 10.5 Å². The molecule has 8 heteroatoms. The Morgan fingerprint density at radius 2 is 0.846 bits per heavy atom. The van der Waals surface area contributed by atoms with E-state index in [2.05, 4.69) is 10.6 Å². The molecule has 0 fully saturated rings. The lowest BCUT2D eigenvalue weighted by molar-refractivity contribution is 0.0927. The molecule has 26 heavy (non-hydrogen) atoms. The van der Waals surface area contributed by atoms with Gasteiger partial charge in [-0.2, -0.15) is 0 Å². The van der Waals surface area contributed by atoms with Crippen molar-refractivity contribution in [2.45, 2.75) is 0 Å². The first-order chi connectivity index (χ1) is 12.4. The van der Waals surface area contributed by atoms with E-state index in [1.54, 1.807) is 0 Å². The number of hydrogen-bond acceptors (Lipinski definition) is 4. The number of benzene rings is 2. The third-order valence-electron chi connectivity index (χ3n) is 3.44.